The van der Waals surface area contributed by atoms with Crippen LogP contribution in [-0.4, -0.2) is 30.3 Å². The first-order valence-electron chi connectivity index (χ1n) is 7.97. The zero-order chi connectivity index (χ0) is 18.7. The lowest BCUT2D eigenvalue weighted by Crippen LogP contribution is -2.29. The molecular weight excluding hydrogens is 312 g/mol. The largest absolute Gasteiger partial charge is 0.505 e. The number of esters is 2. The van der Waals surface area contributed by atoms with Crippen LogP contribution in [0.15, 0.2) is 23.6 Å². The van der Waals surface area contributed by atoms with Gasteiger partial charge in [-0.3, -0.25) is 0 Å². The van der Waals surface area contributed by atoms with E-state index in [2.05, 4.69) is 9.71 Å². The molecule has 7 heteroatoms. The van der Waals surface area contributed by atoms with Crippen molar-refractivity contribution in [2.24, 2.45) is 11.8 Å². The second-order valence-electron chi connectivity index (χ2n) is 6.07. The number of unbranched alkanes of at least 4 members (excludes halogenated alkanes) is 1. The summed E-state index contributed by atoms with van der Waals surface area (Å²) < 4.78 is 9.78. The van der Waals surface area contributed by atoms with E-state index in [1.54, 1.807) is 6.08 Å². The molecule has 0 radical (unpaired) electrons. The Morgan fingerprint density at radius 2 is 1.79 bits per heavy atom. The third-order valence-electron chi connectivity index (χ3n) is 3.36. The first-order valence-corrected chi connectivity index (χ1v) is 7.97. The smallest absolute Gasteiger partial charge is 0.505 e. The number of ether oxygens (including phenoxy) is 2. The highest BCUT2D eigenvalue weighted by molar-refractivity contribution is 5.90. The van der Waals surface area contributed by atoms with Crippen LogP contribution >= 0.6 is 0 Å². The van der Waals surface area contributed by atoms with Gasteiger partial charge in [0, 0.05) is 12.5 Å². The molecule has 0 spiro atoms. The number of diazo groups is 1. The number of aliphatic hydroxyl groups excluding tert-OH is 1. The Morgan fingerprint density at radius 1 is 1.21 bits per heavy atom. The second-order valence-corrected chi connectivity index (χ2v) is 6.07. The predicted molar refractivity (Wildman–Crippen MR) is 89.3 cm³/mol. The molecule has 0 heterocycles. The summed E-state index contributed by atoms with van der Waals surface area (Å²) in [5.74, 6) is -1.47. The van der Waals surface area contributed by atoms with Crippen LogP contribution in [0.4, 0.5) is 0 Å². The van der Waals surface area contributed by atoms with Crippen molar-refractivity contribution in [3.8, 4) is 0 Å². The molecular formula is C17H27N2O5+. The number of nitrogens with zero attached hydrogens (tertiary/aromatic N) is 2. The van der Waals surface area contributed by atoms with Gasteiger partial charge in [-0.25, -0.2) is 9.59 Å². The van der Waals surface area contributed by atoms with Crippen LogP contribution in [0.5, 0.6) is 0 Å². The minimum Gasteiger partial charge on any atom is -0.505 e. The van der Waals surface area contributed by atoms with Crippen molar-refractivity contribution in [3.63, 3.8) is 0 Å². The van der Waals surface area contributed by atoms with Crippen molar-refractivity contribution in [2.75, 3.05) is 7.11 Å². The topological polar surface area (TPSA) is 101 Å². The maximum Gasteiger partial charge on any atom is 0.505 e. The van der Waals surface area contributed by atoms with E-state index in [4.69, 9.17) is 10.1 Å². The number of allylic oxidation sites excluding steroid dienone is 2. The molecule has 0 bridgehead atoms. The minimum atomic E-state index is -0.854. The zero-order valence-corrected chi connectivity index (χ0v) is 15.0. The molecule has 24 heavy (non-hydrogen) atoms. The lowest BCUT2D eigenvalue weighted by Gasteiger charge is -2.23. The number of aliphatic hydroxyl groups is 1. The average Bonchev–Trinajstić information content (AvgIpc) is 2.51. The van der Waals surface area contributed by atoms with Gasteiger partial charge in [-0.2, -0.15) is 0 Å². The molecule has 134 valence electrons. The minimum absolute atomic E-state index is 0.0968. The summed E-state index contributed by atoms with van der Waals surface area (Å²) in [5, 5.41) is 18.9. The van der Waals surface area contributed by atoms with Crippen LogP contribution in [-0.2, 0) is 19.1 Å². The highest BCUT2D eigenvalue weighted by Gasteiger charge is 2.34. The molecule has 0 saturated carbocycles. The van der Waals surface area contributed by atoms with Crippen molar-refractivity contribution in [2.45, 2.75) is 53.1 Å². The summed E-state index contributed by atoms with van der Waals surface area (Å²) in [7, 11) is 1.28. The van der Waals surface area contributed by atoms with Crippen molar-refractivity contribution < 1.29 is 24.2 Å². The van der Waals surface area contributed by atoms with E-state index >= 15 is 0 Å². The first-order chi connectivity index (χ1) is 11.2. The van der Waals surface area contributed by atoms with Crippen LogP contribution in [0.25, 0.3) is 4.98 Å². The van der Waals surface area contributed by atoms with Gasteiger partial charge in [-0.15, -0.1) is 0 Å². The molecule has 0 fully saturated rings. The summed E-state index contributed by atoms with van der Waals surface area (Å²) >= 11 is 0. The fourth-order valence-corrected chi connectivity index (χ4v) is 2.19. The Morgan fingerprint density at radius 3 is 2.25 bits per heavy atom. The lowest BCUT2D eigenvalue weighted by atomic mass is 9.96. The van der Waals surface area contributed by atoms with Crippen LogP contribution in [0.1, 0.15) is 47.0 Å². The summed E-state index contributed by atoms with van der Waals surface area (Å²) in [5.41, 5.74) is -0.488. The van der Waals surface area contributed by atoms with E-state index in [0.717, 1.165) is 0 Å². The summed E-state index contributed by atoms with van der Waals surface area (Å²) in [6.45, 7) is 7.69. The molecule has 0 aliphatic carbocycles. The molecule has 0 aromatic heterocycles. The average molecular weight is 339 g/mol. The van der Waals surface area contributed by atoms with Gasteiger partial charge in [-0.1, -0.05) is 33.8 Å². The zero-order valence-electron chi connectivity index (χ0n) is 15.0. The number of methoxy groups -OCH3 is 1. The van der Waals surface area contributed by atoms with E-state index in [-0.39, 0.29) is 30.1 Å². The van der Waals surface area contributed by atoms with Gasteiger partial charge in [0.25, 0.3) is 0 Å². The van der Waals surface area contributed by atoms with E-state index in [1.807, 2.05) is 27.7 Å². The van der Waals surface area contributed by atoms with Crippen molar-refractivity contribution >= 4 is 11.9 Å². The molecule has 0 amide bonds. The molecule has 7 nitrogen and oxygen atoms in total. The molecule has 0 aliphatic rings. The quantitative estimate of drug-likeness (QED) is 0.226. The number of rotatable bonds is 9. The fourth-order valence-electron chi connectivity index (χ4n) is 2.19. The lowest BCUT2D eigenvalue weighted by molar-refractivity contribution is -0.149. The molecule has 1 N–H and O–H groups in total. The Balaban J connectivity index is 4.75. The third kappa shape index (κ3) is 7.77. The monoisotopic (exact) mass is 339 g/mol. The number of carbonyl (C=O) groups is 2. The van der Waals surface area contributed by atoms with Gasteiger partial charge in [0.15, 0.2) is 10.7 Å². The maximum absolute atomic E-state index is 12.1. The summed E-state index contributed by atoms with van der Waals surface area (Å²) in [6.07, 6.45) is 3.61. The van der Waals surface area contributed by atoms with Crippen molar-refractivity contribution in [1.82, 2.24) is 0 Å². The van der Waals surface area contributed by atoms with Gasteiger partial charge in [0.05, 0.1) is 7.11 Å². The van der Waals surface area contributed by atoms with Gasteiger partial charge < -0.3 is 14.6 Å². The maximum atomic E-state index is 12.1. The molecule has 0 aromatic rings. The molecule has 0 unspecified atom stereocenters. The number of carbonyl (C=O) groups excluding carboxylic acids is 2. The van der Waals surface area contributed by atoms with Gasteiger partial charge in [0.1, 0.15) is 6.10 Å². The fraction of sp³-hybridized carbons (Fsp3) is 0.647. The molecule has 0 saturated heterocycles. The van der Waals surface area contributed by atoms with Crippen molar-refractivity contribution in [1.29, 1.82) is 5.39 Å². The summed E-state index contributed by atoms with van der Waals surface area (Å²) in [4.78, 5) is 25.8. The van der Waals surface area contributed by atoms with E-state index < -0.39 is 17.6 Å². The van der Waals surface area contributed by atoms with E-state index in [9.17, 15) is 14.7 Å². The Kier molecular flexibility index (Phi) is 10.1. The van der Waals surface area contributed by atoms with Crippen LogP contribution in [0, 0.1) is 17.2 Å². The van der Waals surface area contributed by atoms with Crippen LogP contribution in [0.2, 0.25) is 0 Å². The van der Waals surface area contributed by atoms with Crippen molar-refractivity contribution in [3.05, 3.63) is 28.6 Å². The summed E-state index contributed by atoms with van der Waals surface area (Å²) in [6, 6.07) is 0. The number of hydrogen-bond acceptors (Lipinski definition) is 6. The molecule has 0 aromatic carbocycles. The van der Waals surface area contributed by atoms with Gasteiger partial charge >= 0.3 is 17.6 Å². The highest BCUT2D eigenvalue weighted by atomic mass is 16.5. The second kappa shape index (κ2) is 11.2. The SMILES string of the molecule is COC(=O)/C=C/CCC/C(O)=C(\[N+]#N)C(=O)OC(C(C)C)C(C)C. The molecule has 0 rings (SSSR count). The van der Waals surface area contributed by atoms with E-state index in [0.29, 0.717) is 12.8 Å². The highest BCUT2D eigenvalue weighted by Crippen LogP contribution is 2.20. The van der Waals surface area contributed by atoms with Crippen LogP contribution in [0.3, 0.4) is 0 Å². The molecule has 0 atom stereocenters. The third-order valence-corrected chi connectivity index (χ3v) is 3.36. The predicted octanol–water partition coefficient (Wildman–Crippen LogP) is 3.73. The first kappa shape index (κ1) is 21.6. The van der Waals surface area contributed by atoms with Gasteiger partial charge in [-0.05, 0) is 24.7 Å². The molecule has 0 aliphatic heterocycles. The normalized spacial score (nSPS) is 12.5. The Labute approximate surface area is 143 Å². The standard InChI is InChI=1S/C17H26N2O5/c1-11(2)16(12(3)4)24-17(22)15(19-18)13(20)9-7-6-8-10-14(21)23-5/h8,10-12,16H,6-7,9H2,1-5H3/p+1/b10-8+. The number of hydrogen-bond donors (Lipinski definition) is 1. The van der Waals surface area contributed by atoms with Gasteiger partial charge in [0.2, 0.25) is 5.39 Å². The van der Waals surface area contributed by atoms with E-state index in [1.165, 1.54) is 13.2 Å². The Hall–Kier alpha value is -2.36. The Bertz CT molecular complexity index is 522. The van der Waals surface area contributed by atoms with Crippen LogP contribution < -0.4 is 0 Å².